The van der Waals surface area contributed by atoms with Gasteiger partial charge in [-0.25, -0.2) is 0 Å². The lowest BCUT2D eigenvalue weighted by atomic mass is 9.85. The molecule has 0 N–H and O–H groups in total. The van der Waals surface area contributed by atoms with E-state index in [1.54, 1.807) is 6.07 Å². The van der Waals surface area contributed by atoms with E-state index in [4.69, 9.17) is 4.74 Å². The van der Waals surface area contributed by atoms with Crippen LogP contribution < -0.4 is 4.74 Å². The third-order valence-electron chi connectivity index (χ3n) is 3.20. The van der Waals surface area contributed by atoms with Crippen molar-refractivity contribution in [3.63, 3.8) is 0 Å². The first-order valence-corrected chi connectivity index (χ1v) is 6.10. The van der Waals surface area contributed by atoms with Gasteiger partial charge in [0.05, 0.1) is 17.5 Å². The average Bonchev–Trinajstić information content (AvgIpc) is 2.24. The predicted octanol–water partition coefficient (Wildman–Crippen LogP) is 2.69. The maximum absolute atomic E-state index is 12.0. The van der Waals surface area contributed by atoms with E-state index in [2.05, 4.69) is 0 Å². The SMILES string of the molecule is CC(C)(C)c1cc2c(c([N+](=O)[O-])c1)OC[N+](C)([O-])C2. The van der Waals surface area contributed by atoms with Crippen LogP contribution in [0.5, 0.6) is 5.75 Å². The normalized spacial score (nSPS) is 22.6. The molecule has 0 bridgehead atoms. The van der Waals surface area contributed by atoms with Crippen LogP contribution in [0.15, 0.2) is 12.1 Å². The minimum absolute atomic E-state index is 0.0536. The molecule has 1 unspecified atom stereocenters. The molecule has 19 heavy (non-hydrogen) atoms. The number of hydrogen-bond acceptors (Lipinski definition) is 4. The molecule has 0 saturated heterocycles. The molecule has 1 heterocycles. The summed E-state index contributed by atoms with van der Waals surface area (Å²) in [7, 11) is 1.50. The van der Waals surface area contributed by atoms with Crippen molar-refractivity contribution in [3.8, 4) is 5.75 Å². The van der Waals surface area contributed by atoms with E-state index >= 15 is 0 Å². The number of quaternary nitrogens is 1. The summed E-state index contributed by atoms with van der Waals surface area (Å²) in [5, 5.41) is 23.1. The first-order valence-electron chi connectivity index (χ1n) is 6.10. The molecule has 1 aliphatic heterocycles. The Labute approximate surface area is 111 Å². The van der Waals surface area contributed by atoms with Crippen LogP contribution in [-0.4, -0.2) is 23.3 Å². The molecular formula is C13H18N2O4. The molecule has 0 spiro atoms. The number of rotatable bonds is 1. The van der Waals surface area contributed by atoms with E-state index < -0.39 is 9.57 Å². The molecule has 0 aromatic heterocycles. The van der Waals surface area contributed by atoms with Gasteiger partial charge in [0.25, 0.3) is 0 Å². The molecule has 0 fully saturated rings. The Morgan fingerprint density at radius 2 is 2.00 bits per heavy atom. The fourth-order valence-corrected chi connectivity index (χ4v) is 2.13. The zero-order chi connectivity index (χ0) is 14.4. The molecule has 2 rings (SSSR count). The van der Waals surface area contributed by atoms with Gasteiger partial charge in [-0.1, -0.05) is 20.8 Å². The first-order chi connectivity index (χ1) is 8.60. The van der Waals surface area contributed by atoms with Crippen molar-refractivity contribution in [3.05, 3.63) is 38.6 Å². The molecule has 1 atom stereocenters. The largest absolute Gasteiger partial charge is 0.630 e. The molecule has 0 aliphatic carbocycles. The van der Waals surface area contributed by atoms with E-state index in [1.165, 1.54) is 7.05 Å². The van der Waals surface area contributed by atoms with Gasteiger partial charge >= 0.3 is 5.69 Å². The van der Waals surface area contributed by atoms with Crippen LogP contribution in [0.4, 0.5) is 5.69 Å². The highest BCUT2D eigenvalue weighted by molar-refractivity contribution is 5.55. The second-order valence-corrected chi connectivity index (χ2v) is 6.22. The highest BCUT2D eigenvalue weighted by Crippen LogP contribution is 2.40. The van der Waals surface area contributed by atoms with Crippen LogP contribution in [0.3, 0.4) is 0 Å². The van der Waals surface area contributed by atoms with Crippen LogP contribution >= 0.6 is 0 Å². The number of nitro groups is 1. The molecule has 0 radical (unpaired) electrons. The van der Waals surface area contributed by atoms with Crippen molar-refractivity contribution >= 4 is 5.69 Å². The molecule has 1 aromatic rings. The Morgan fingerprint density at radius 1 is 1.37 bits per heavy atom. The zero-order valence-corrected chi connectivity index (χ0v) is 11.6. The van der Waals surface area contributed by atoms with Crippen molar-refractivity contribution in [1.82, 2.24) is 0 Å². The van der Waals surface area contributed by atoms with Crippen molar-refractivity contribution in [2.45, 2.75) is 32.7 Å². The van der Waals surface area contributed by atoms with Gasteiger partial charge < -0.3 is 14.6 Å². The maximum atomic E-state index is 12.0. The van der Waals surface area contributed by atoms with E-state index in [9.17, 15) is 15.3 Å². The summed E-state index contributed by atoms with van der Waals surface area (Å²) >= 11 is 0. The lowest BCUT2D eigenvalue weighted by Gasteiger charge is -2.41. The minimum atomic E-state index is -0.572. The van der Waals surface area contributed by atoms with E-state index in [-0.39, 0.29) is 30.1 Å². The predicted molar refractivity (Wildman–Crippen MR) is 70.5 cm³/mol. The van der Waals surface area contributed by atoms with Crippen LogP contribution in [0.25, 0.3) is 0 Å². The third-order valence-corrected chi connectivity index (χ3v) is 3.20. The van der Waals surface area contributed by atoms with Crippen LogP contribution in [0.2, 0.25) is 0 Å². The van der Waals surface area contributed by atoms with Crippen LogP contribution in [-0.2, 0) is 12.0 Å². The van der Waals surface area contributed by atoms with Crippen LogP contribution in [0, 0.1) is 15.3 Å². The third kappa shape index (κ3) is 2.69. The second kappa shape index (κ2) is 4.18. The molecular weight excluding hydrogens is 248 g/mol. The zero-order valence-electron chi connectivity index (χ0n) is 11.6. The number of hydrogen-bond donors (Lipinski definition) is 0. The molecule has 6 nitrogen and oxygen atoms in total. The Morgan fingerprint density at radius 3 is 2.53 bits per heavy atom. The van der Waals surface area contributed by atoms with Gasteiger partial charge in [-0.3, -0.25) is 10.1 Å². The second-order valence-electron chi connectivity index (χ2n) is 6.22. The smallest absolute Gasteiger partial charge is 0.311 e. The number of benzene rings is 1. The highest BCUT2D eigenvalue weighted by atomic mass is 16.6. The van der Waals surface area contributed by atoms with Crippen molar-refractivity contribution in [2.24, 2.45) is 0 Å². The number of fused-ring (bicyclic) bond motifs is 1. The van der Waals surface area contributed by atoms with Gasteiger partial charge in [0.2, 0.25) is 12.5 Å². The highest BCUT2D eigenvalue weighted by Gasteiger charge is 2.32. The van der Waals surface area contributed by atoms with Gasteiger partial charge in [0.1, 0.15) is 6.54 Å². The Hall–Kier alpha value is -1.66. The van der Waals surface area contributed by atoms with Gasteiger partial charge in [0.15, 0.2) is 0 Å². The maximum Gasteiger partial charge on any atom is 0.311 e. The van der Waals surface area contributed by atoms with Crippen molar-refractivity contribution < 1.29 is 14.3 Å². The topological polar surface area (TPSA) is 75.4 Å². The lowest BCUT2D eigenvalue weighted by molar-refractivity contribution is -0.893. The van der Waals surface area contributed by atoms with Gasteiger partial charge in [-0.15, -0.1) is 0 Å². The average molecular weight is 266 g/mol. The van der Waals surface area contributed by atoms with Gasteiger partial charge in [-0.05, 0) is 17.0 Å². The minimum Gasteiger partial charge on any atom is -0.630 e. The quantitative estimate of drug-likeness (QED) is 0.339. The lowest BCUT2D eigenvalue weighted by Crippen LogP contribution is -2.43. The van der Waals surface area contributed by atoms with Crippen molar-refractivity contribution in [2.75, 3.05) is 13.8 Å². The molecule has 0 saturated carbocycles. The fraction of sp³-hybridized carbons (Fsp3) is 0.538. The molecule has 1 aliphatic rings. The molecule has 1 aromatic carbocycles. The summed E-state index contributed by atoms with van der Waals surface area (Å²) in [5.74, 6) is 0.240. The number of hydroxylamine groups is 3. The van der Waals surface area contributed by atoms with Crippen molar-refractivity contribution in [1.29, 1.82) is 0 Å². The summed E-state index contributed by atoms with van der Waals surface area (Å²) < 4.78 is 4.75. The summed E-state index contributed by atoms with van der Waals surface area (Å²) in [6.07, 6.45) is 0. The molecule has 6 heteroatoms. The number of nitrogens with zero attached hydrogens (tertiary/aromatic N) is 2. The fourth-order valence-electron chi connectivity index (χ4n) is 2.13. The number of ether oxygens (including phenoxy) is 1. The van der Waals surface area contributed by atoms with Crippen LogP contribution in [0.1, 0.15) is 31.9 Å². The summed E-state index contributed by atoms with van der Waals surface area (Å²) in [6, 6.07) is 3.38. The number of nitro benzene ring substituents is 1. The first kappa shape index (κ1) is 13.8. The monoisotopic (exact) mass is 266 g/mol. The summed E-state index contributed by atoms with van der Waals surface area (Å²) in [5.41, 5.74) is 1.18. The standard InChI is InChI=1S/C13H18N2O4/c1-13(2,3)10-5-9-7-15(4,18)8-19-12(9)11(6-10)14(16)17/h5-6H,7-8H2,1-4H3. The molecule has 0 amide bonds. The summed E-state index contributed by atoms with van der Waals surface area (Å²) in [4.78, 5) is 10.7. The van der Waals surface area contributed by atoms with E-state index in [0.29, 0.717) is 5.56 Å². The molecule has 104 valence electrons. The Bertz CT molecular complexity index is 532. The summed E-state index contributed by atoms with van der Waals surface area (Å²) in [6.45, 7) is 6.04. The Balaban J connectivity index is 2.61. The van der Waals surface area contributed by atoms with E-state index in [0.717, 1.165) is 5.56 Å². The van der Waals surface area contributed by atoms with Gasteiger partial charge in [0, 0.05) is 6.07 Å². The van der Waals surface area contributed by atoms with Gasteiger partial charge in [-0.2, -0.15) is 0 Å². The Kier molecular flexibility index (Phi) is 3.03. The van der Waals surface area contributed by atoms with E-state index in [1.807, 2.05) is 26.8 Å².